The molecule has 0 aliphatic carbocycles. The molecule has 1 heterocycles. The minimum Gasteiger partial charge on any atom is -0.496 e. The summed E-state index contributed by atoms with van der Waals surface area (Å²) in [5, 5.41) is 12.9. The molecular weight excluding hydrogens is 256 g/mol. The predicted octanol–water partition coefficient (Wildman–Crippen LogP) is 1.61. The van der Waals surface area contributed by atoms with Crippen molar-refractivity contribution in [2.45, 2.75) is 25.8 Å². The maximum Gasteiger partial charge on any atom is 0.224 e. The monoisotopic (exact) mass is 276 g/mol. The smallest absolute Gasteiger partial charge is 0.224 e. The molecular formula is C15H20N2O3. The Labute approximate surface area is 117 Å². The van der Waals surface area contributed by atoms with Crippen molar-refractivity contribution < 1.29 is 14.6 Å². The first kappa shape index (κ1) is 14.4. The van der Waals surface area contributed by atoms with E-state index in [4.69, 9.17) is 9.84 Å². The van der Waals surface area contributed by atoms with Gasteiger partial charge in [-0.05, 0) is 24.1 Å². The minimum atomic E-state index is -0.186. The molecule has 0 aliphatic heterocycles. The summed E-state index contributed by atoms with van der Waals surface area (Å²) in [6.07, 6.45) is 2.79. The number of amides is 1. The van der Waals surface area contributed by atoms with E-state index >= 15 is 0 Å². The van der Waals surface area contributed by atoms with Gasteiger partial charge in [0.2, 0.25) is 5.91 Å². The fraction of sp³-hybridized carbons (Fsp3) is 0.400. The third-order valence-electron chi connectivity index (χ3n) is 3.40. The van der Waals surface area contributed by atoms with Crippen LogP contribution in [0.3, 0.4) is 0 Å². The molecule has 0 aliphatic rings. The molecule has 0 bridgehead atoms. The van der Waals surface area contributed by atoms with Crippen LogP contribution in [0, 0.1) is 0 Å². The van der Waals surface area contributed by atoms with Gasteiger partial charge in [-0.25, -0.2) is 0 Å². The van der Waals surface area contributed by atoms with Crippen LogP contribution in [0.1, 0.15) is 18.9 Å². The van der Waals surface area contributed by atoms with E-state index in [1.165, 1.54) is 0 Å². The average molecular weight is 276 g/mol. The minimum absolute atomic E-state index is 0.0422. The average Bonchev–Trinajstić information content (AvgIpc) is 2.87. The molecule has 1 aromatic heterocycles. The van der Waals surface area contributed by atoms with E-state index in [1.54, 1.807) is 7.11 Å². The van der Waals surface area contributed by atoms with Crippen LogP contribution in [0.4, 0.5) is 0 Å². The van der Waals surface area contributed by atoms with Crippen LogP contribution in [0.25, 0.3) is 10.9 Å². The van der Waals surface area contributed by atoms with Gasteiger partial charge < -0.3 is 20.1 Å². The lowest BCUT2D eigenvalue weighted by molar-refractivity contribution is -0.121. The summed E-state index contributed by atoms with van der Waals surface area (Å²) in [6, 6.07) is 5.54. The number of fused-ring (bicyclic) bond motifs is 1. The molecule has 20 heavy (non-hydrogen) atoms. The lowest BCUT2D eigenvalue weighted by Gasteiger charge is -2.13. The number of ether oxygens (including phenoxy) is 1. The van der Waals surface area contributed by atoms with Gasteiger partial charge in [0.05, 0.1) is 26.2 Å². The molecule has 1 atom stereocenters. The summed E-state index contributed by atoms with van der Waals surface area (Å²) < 4.78 is 5.34. The lowest BCUT2D eigenvalue weighted by Crippen LogP contribution is -2.37. The normalized spacial score (nSPS) is 12.3. The number of aliphatic hydroxyl groups is 1. The van der Waals surface area contributed by atoms with E-state index in [0.29, 0.717) is 6.42 Å². The van der Waals surface area contributed by atoms with Gasteiger partial charge in [0.1, 0.15) is 5.75 Å². The van der Waals surface area contributed by atoms with Crippen LogP contribution in [0.2, 0.25) is 0 Å². The third-order valence-corrected chi connectivity index (χ3v) is 3.40. The first-order chi connectivity index (χ1) is 9.69. The van der Waals surface area contributed by atoms with Crippen molar-refractivity contribution in [3.05, 3.63) is 30.0 Å². The van der Waals surface area contributed by atoms with Gasteiger partial charge in [-0.2, -0.15) is 0 Å². The summed E-state index contributed by atoms with van der Waals surface area (Å²) >= 11 is 0. The molecule has 1 amide bonds. The highest BCUT2D eigenvalue weighted by molar-refractivity contribution is 5.93. The fourth-order valence-corrected chi connectivity index (χ4v) is 2.26. The topological polar surface area (TPSA) is 74.4 Å². The number of nitrogens with one attached hydrogen (secondary N) is 2. The zero-order valence-electron chi connectivity index (χ0n) is 11.8. The largest absolute Gasteiger partial charge is 0.496 e. The zero-order chi connectivity index (χ0) is 14.5. The molecule has 1 unspecified atom stereocenters. The molecule has 3 N–H and O–H groups in total. The van der Waals surface area contributed by atoms with E-state index in [9.17, 15) is 4.79 Å². The number of hydrogen-bond donors (Lipinski definition) is 3. The number of benzene rings is 1. The second-order valence-corrected chi connectivity index (χ2v) is 4.73. The van der Waals surface area contributed by atoms with E-state index in [1.807, 2.05) is 31.3 Å². The Kier molecular flexibility index (Phi) is 4.63. The zero-order valence-corrected chi connectivity index (χ0v) is 11.8. The maximum absolute atomic E-state index is 12.0. The summed E-state index contributed by atoms with van der Waals surface area (Å²) in [7, 11) is 1.62. The van der Waals surface area contributed by atoms with Crippen LogP contribution in [-0.2, 0) is 11.2 Å². The van der Waals surface area contributed by atoms with Crippen molar-refractivity contribution in [1.29, 1.82) is 0 Å². The van der Waals surface area contributed by atoms with Crippen LogP contribution in [-0.4, -0.2) is 35.8 Å². The number of H-pyrrole nitrogens is 1. The summed E-state index contributed by atoms with van der Waals surface area (Å²) in [6.45, 7) is 1.88. The molecule has 0 radical (unpaired) electrons. The van der Waals surface area contributed by atoms with E-state index in [0.717, 1.165) is 22.2 Å². The molecule has 0 saturated heterocycles. The lowest BCUT2D eigenvalue weighted by atomic mass is 10.1. The standard InChI is InChI=1S/C15H20N2O3/c1-3-11(9-18)17-14(19)7-10-8-16-12-5-4-6-13(20-2)15(10)12/h4-6,8,11,16,18H,3,7,9H2,1-2H3,(H,17,19). The highest BCUT2D eigenvalue weighted by atomic mass is 16.5. The van der Waals surface area contributed by atoms with Crippen molar-refractivity contribution in [2.75, 3.05) is 13.7 Å². The fourth-order valence-electron chi connectivity index (χ4n) is 2.26. The Morgan fingerprint density at radius 1 is 1.50 bits per heavy atom. The van der Waals surface area contributed by atoms with Gasteiger partial charge in [-0.1, -0.05) is 13.0 Å². The Bertz CT molecular complexity index is 588. The van der Waals surface area contributed by atoms with Gasteiger partial charge in [-0.15, -0.1) is 0 Å². The van der Waals surface area contributed by atoms with Crippen LogP contribution in [0.5, 0.6) is 5.75 Å². The Morgan fingerprint density at radius 2 is 2.30 bits per heavy atom. The number of methoxy groups -OCH3 is 1. The number of aromatic amines is 1. The van der Waals surface area contributed by atoms with Crippen molar-refractivity contribution in [2.24, 2.45) is 0 Å². The van der Waals surface area contributed by atoms with Gasteiger partial charge in [0.25, 0.3) is 0 Å². The number of hydrogen-bond acceptors (Lipinski definition) is 3. The maximum atomic E-state index is 12.0. The number of carbonyl (C=O) groups excluding carboxylic acids is 1. The predicted molar refractivity (Wildman–Crippen MR) is 77.9 cm³/mol. The van der Waals surface area contributed by atoms with Crippen LogP contribution in [0.15, 0.2) is 24.4 Å². The number of carbonyl (C=O) groups is 1. The molecule has 5 heteroatoms. The molecule has 108 valence electrons. The molecule has 0 spiro atoms. The van der Waals surface area contributed by atoms with Crippen LogP contribution < -0.4 is 10.1 Å². The molecule has 5 nitrogen and oxygen atoms in total. The SMILES string of the molecule is CCC(CO)NC(=O)Cc1c[nH]c2cccc(OC)c12. The Morgan fingerprint density at radius 3 is 2.95 bits per heavy atom. The first-order valence-electron chi connectivity index (χ1n) is 6.72. The van der Waals surface area contributed by atoms with E-state index in [-0.39, 0.29) is 25.0 Å². The van der Waals surface area contributed by atoms with Gasteiger partial charge in [-0.3, -0.25) is 4.79 Å². The van der Waals surface area contributed by atoms with Gasteiger partial charge >= 0.3 is 0 Å². The first-order valence-corrected chi connectivity index (χ1v) is 6.72. The quantitative estimate of drug-likeness (QED) is 0.750. The summed E-state index contributed by atoms with van der Waals surface area (Å²) in [5.41, 5.74) is 1.84. The Balaban J connectivity index is 2.19. The van der Waals surface area contributed by atoms with Crippen molar-refractivity contribution in [3.63, 3.8) is 0 Å². The number of rotatable bonds is 6. The van der Waals surface area contributed by atoms with Gasteiger partial charge in [0.15, 0.2) is 0 Å². The number of aromatic nitrogens is 1. The molecule has 2 rings (SSSR count). The summed E-state index contributed by atoms with van der Waals surface area (Å²) in [5.74, 6) is 0.651. The molecule has 2 aromatic rings. The molecule has 1 aromatic carbocycles. The van der Waals surface area contributed by atoms with E-state index < -0.39 is 0 Å². The molecule has 0 fully saturated rings. The Hall–Kier alpha value is -2.01. The highest BCUT2D eigenvalue weighted by Crippen LogP contribution is 2.28. The van der Waals surface area contributed by atoms with Crippen molar-refractivity contribution in [1.82, 2.24) is 10.3 Å². The van der Waals surface area contributed by atoms with Gasteiger partial charge in [0, 0.05) is 17.1 Å². The summed E-state index contributed by atoms with van der Waals surface area (Å²) in [4.78, 5) is 15.1. The van der Waals surface area contributed by atoms with Crippen LogP contribution >= 0.6 is 0 Å². The second kappa shape index (κ2) is 6.43. The van der Waals surface area contributed by atoms with E-state index in [2.05, 4.69) is 10.3 Å². The highest BCUT2D eigenvalue weighted by Gasteiger charge is 2.14. The molecule has 0 saturated carbocycles. The number of aliphatic hydroxyl groups excluding tert-OH is 1. The second-order valence-electron chi connectivity index (χ2n) is 4.73. The van der Waals surface area contributed by atoms with Crippen molar-refractivity contribution in [3.8, 4) is 5.75 Å². The van der Waals surface area contributed by atoms with Crippen molar-refractivity contribution >= 4 is 16.8 Å². The third kappa shape index (κ3) is 2.93.